The van der Waals surface area contributed by atoms with Crippen LogP contribution in [0.5, 0.6) is 5.75 Å². The highest BCUT2D eigenvalue weighted by atomic mass is 36.0. The summed E-state index contributed by atoms with van der Waals surface area (Å²) in [7, 11) is 1.16. The van der Waals surface area contributed by atoms with Crippen LogP contribution < -0.4 is 4.72 Å². The fourth-order valence-corrected chi connectivity index (χ4v) is 3.29. The molecule has 0 spiro atoms. The molecule has 0 bridgehead atoms. The number of phenolic OH excluding ortho intramolecular Hbond substituents is 1. The van der Waals surface area contributed by atoms with Crippen molar-refractivity contribution in [2.75, 3.05) is 4.72 Å². The lowest BCUT2D eigenvalue weighted by molar-refractivity contribution is 0.481. The fraction of sp³-hybridized carbons (Fsp3) is 0. The molecule has 0 atom stereocenters. The summed E-state index contributed by atoms with van der Waals surface area (Å²) in [5, 5.41) is 11.1. The van der Waals surface area contributed by atoms with Gasteiger partial charge < -0.3 is 5.11 Å². The number of benzene rings is 3. The lowest BCUT2D eigenvalue weighted by atomic mass is 10.1. The van der Waals surface area contributed by atoms with Gasteiger partial charge in [-0.1, -0.05) is 42.5 Å². The molecule has 0 saturated carbocycles. The maximum atomic E-state index is 12.4. The van der Waals surface area contributed by atoms with Gasteiger partial charge in [0.1, 0.15) is 5.75 Å². The van der Waals surface area contributed by atoms with E-state index in [1.54, 1.807) is 54.6 Å². The van der Waals surface area contributed by atoms with E-state index < -0.39 is 18.3 Å². The normalized spacial score (nSPS) is 11.5. The van der Waals surface area contributed by atoms with E-state index in [-0.39, 0.29) is 10.6 Å². The molecule has 2 N–H and O–H groups in total. The SMILES string of the molecule is O=S(=O)(Cl)Cl.O=S(=O)(Nc1cccc2c(O)cccc12)c1ccccc1. The average Bonchev–Trinajstić information content (AvgIpc) is 2.55. The van der Waals surface area contributed by atoms with Crippen molar-refractivity contribution in [2.45, 2.75) is 4.90 Å². The van der Waals surface area contributed by atoms with Crippen molar-refractivity contribution in [1.82, 2.24) is 0 Å². The number of hydrogen-bond donors (Lipinski definition) is 2. The van der Waals surface area contributed by atoms with Crippen LogP contribution in [-0.4, -0.2) is 21.9 Å². The van der Waals surface area contributed by atoms with E-state index in [0.717, 1.165) is 0 Å². The van der Waals surface area contributed by atoms with Gasteiger partial charge in [-0.15, -0.1) is 0 Å². The first-order valence-electron chi connectivity index (χ1n) is 7.01. The fourth-order valence-electron chi connectivity index (χ4n) is 2.19. The molecule has 138 valence electrons. The second kappa shape index (κ2) is 8.13. The number of anilines is 1. The standard InChI is InChI=1S/C16H13NO3S.Cl2O2S/c18-16-11-5-8-13-14(16)9-4-10-15(13)17-21(19,20)12-6-2-1-3-7-12;1-5(2,3)4/h1-11,17-18H;. The molecule has 3 aromatic rings. The summed E-state index contributed by atoms with van der Waals surface area (Å²) < 4.78 is 45.6. The molecule has 0 aliphatic carbocycles. The second-order valence-electron chi connectivity index (χ2n) is 4.97. The highest BCUT2D eigenvalue weighted by molar-refractivity contribution is 8.31. The van der Waals surface area contributed by atoms with Gasteiger partial charge in [0.15, 0.2) is 0 Å². The van der Waals surface area contributed by atoms with Crippen LogP contribution >= 0.6 is 21.4 Å². The molecule has 0 aliphatic heterocycles. The van der Waals surface area contributed by atoms with Crippen molar-refractivity contribution in [3.05, 3.63) is 66.7 Å². The summed E-state index contributed by atoms with van der Waals surface area (Å²) in [5.74, 6) is 0.119. The molecule has 10 heteroatoms. The molecule has 0 fully saturated rings. The Bertz CT molecular complexity index is 1110. The summed E-state index contributed by atoms with van der Waals surface area (Å²) in [6, 6.07) is 18.3. The Labute approximate surface area is 160 Å². The molecule has 3 aromatic carbocycles. The van der Waals surface area contributed by atoms with Crippen molar-refractivity contribution >= 4 is 56.1 Å². The van der Waals surface area contributed by atoms with Crippen LogP contribution in [0.25, 0.3) is 10.8 Å². The molecule has 0 aliphatic rings. The molecule has 0 aromatic heterocycles. The van der Waals surface area contributed by atoms with Crippen molar-refractivity contribution in [3.63, 3.8) is 0 Å². The van der Waals surface area contributed by atoms with E-state index >= 15 is 0 Å². The number of phenols is 1. The van der Waals surface area contributed by atoms with Crippen LogP contribution in [0.1, 0.15) is 0 Å². The Hall–Kier alpha value is -2.00. The highest BCUT2D eigenvalue weighted by Gasteiger charge is 2.15. The summed E-state index contributed by atoms with van der Waals surface area (Å²) in [6.07, 6.45) is 0. The summed E-state index contributed by atoms with van der Waals surface area (Å²) in [6.45, 7) is 0. The topological polar surface area (TPSA) is 101 Å². The van der Waals surface area contributed by atoms with E-state index in [1.165, 1.54) is 12.1 Å². The van der Waals surface area contributed by atoms with E-state index in [2.05, 4.69) is 26.1 Å². The summed E-state index contributed by atoms with van der Waals surface area (Å²) >= 11 is 0. The molecule has 0 heterocycles. The van der Waals surface area contributed by atoms with Gasteiger partial charge in [-0.05, 0) is 24.3 Å². The van der Waals surface area contributed by atoms with Crippen LogP contribution in [0.2, 0.25) is 0 Å². The molecule has 0 unspecified atom stereocenters. The van der Waals surface area contributed by atoms with E-state index in [0.29, 0.717) is 16.5 Å². The third-order valence-electron chi connectivity index (χ3n) is 3.20. The number of hydrogen-bond acceptors (Lipinski definition) is 5. The number of rotatable bonds is 3. The van der Waals surface area contributed by atoms with E-state index in [9.17, 15) is 13.5 Å². The predicted molar refractivity (Wildman–Crippen MR) is 103 cm³/mol. The van der Waals surface area contributed by atoms with Gasteiger partial charge in [-0.25, -0.2) is 8.42 Å². The Morgan fingerprint density at radius 3 is 1.88 bits per heavy atom. The number of nitrogens with one attached hydrogen (secondary N) is 1. The molecule has 0 saturated heterocycles. The van der Waals surface area contributed by atoms with Crippen molar-refractivity contribution in [3.8, 4) is 5.75 Å². The van der Waals surface area contributed by atoms with E-state index in [4.69, 9.17) is 8.42 Å². The zero-order valence-electron chi connectivity index (χ0n) is 13.0. The molecule has 26 heavy (non-hydrogen) atoms. The number of halogens is 2. The first-order valence-corrected chi connectivity index (χ1v) is 11.6. The number of fused-ring (bicyclic) bond motifs is 1. The van der Waals surface area contributed by atoms with Crippen molar-refractivity contribution < 1.29 is 21.9 Å². The van der Waals surface area contributed by atoms with Gasteiger partial charge in [-0.2, -0.15) is 8.42 Å². The molecule has 0 amide bonds. The van der Waals surface area contributed by atoms with E-state index in [1.807, 2.05) is 0 Å². The van der Waals surface area contributed by atoms with Crippen LogP contribution in [0, 0.1) is 0 Å². The lowest BCUT2D eigenvalue weighted by Gasteiger charge is -2.11. The quantitative estimate of drug-likeness (QED) is 0.606. The minimum atomic E-state index is -3.72. The predicted octanol–water partition coefficient (Wildman–Crippen LogP) is 4.06. The molecule has 3 rings (SSSR count). The summed E-state index contributed by atoms with van der Waals surface area (Å²) in [4.78, 5) is 0.196. The smallest absolute Gasteiger partial charge is 0.317 e. The summed E-state index contributed by atoms with van der Waals surface area (Å²) in [5.41, 5.74) is 0.437. The van der Waals surface area contributed by atoms with Crippen LogP contribution in [0.3, 0.4) is 0 Å². The van der Waals surface area contributed by atoms with Crippen LogP contribution in [0.4, 0.5) is 5.69 Å². The molecular weight excluding hydrogens is 421 g/mol. The highest BCUT2D eigenvalue weighted by Crippen LogP contribution is 2.30. The Morgan fingerprint density at radius 2 is 1.27 bits per heavy atom. The lowest BCUT2D eigenvalue weighted by Crippen LogP contribution is -2.12. The largest absolute Gasteiger partial charge is 0.507 e. The minimum absolute atomic E-state index is 0.119. The Morgan fingerprint density at radius 1 is 0.731 bits per heavy atom. The first kappa shape index (κ1) is 20.3. The number of sulfonamides is 1. The molecule has 6 nitrogen and oxygen atoms in total. The zero-order chi connectivity index (χ0) is 19.4. The maximum Gasteiger partial charge on any atom is 0.317 e. The zero-order valence-corrected chi connectivity index (χ0v) is 16.1. The number of aromatic hydroxyl groups is 1. The van der Waals surface area contributed by atoms with Gasteiger partial charge in [0, 0.05) is 32.1 Å². The Kier molecular flexibility index (Phi) is 6.35. The van der Waals surface area contributed by atoms with Gasteiger partial charge in [0.25, 0.3) is 10.0 Å². The maximum absolute atomic E-state index is 12.4. The third kappa shape index (κ3) is 5.77. The van der Waals surface area contributed by atoms with Gasteiger partial charge in [0.2, 0.25) is 0 Å². The van der Waals surface area contributed by atoms with Gasteiger partial charge in [0.05, 0.1) is 10.6 Å². The van der Waals surface area contributed by atoms with Gasteiger partial charge in [-0.3, -0.25) is 4.72 Å². The van der Waals surface area contributed by atoms with Crippen LogP contribution in [-0.2, 0) is 18.3 Å². The van der Waals surface area contributed by atoms with Crippen molar-refractivity contribution in [2.24, 2.45) is 0 Å². The van der Waals surface area contributed by atoms with Crippen molar-refractivity contribution in [1.29, 1.82) is 0 Å². The minimum Gasteiger partial charge on any atom is -0.507 e. The third-order valence-corrected chi connectivity index (χ3v) is 4.58. The average molecular weight is 434 g/mol. The monoisotopic (exact) mass is 433 g/mol. The second-order valence-corrected chi connectivity index (χ2v) is 10.3. The Balaban J connectivity index is 0.000000431. The van der Waals surface area contributed by atoms with Gasteiger partial charge >= 0.3 is 8.26 Å². The molecule has 0 radical (unpaired) electrons. The van der Waals surface area contributed by atoms with Crippen LogP contribution in [0.15, 0.2) is 71.6 Å². The molecular formula is C16H13Cl2NO5S2. The first-order chi connectivity index (χ1) is 12.1.